The summed E-state index contributed by atoms with van der Waals surface area (Å²) < 4.78 is 6.99. The number of piperazine rings is 1. The molecule has 1 aliphatic heterocycles. The highest BCUT2D eigenvalue weighted by atomic mass is 35.5. The van der Waals surface area contributed by atoms with E-state index in [0.717, 1.165) is 24.3 Å². The highest BCUT2D eigenvalue weighted by molar-refractivity contribution is 6.32. The van der Waals surface area contributed by atoms with Crippen molar-refractivity contribution in [3.63, 3.8) is 0 Å². The van der Waals surface area contributed by atoms with Gasteiger partial charge in [-0.05, 0) is 43.5 Å². The van der Waals surface area contributed by atoms with Gasteiger partial charge in [0.15, 0.2) is 0 Å². The molecule has 2 heterocycles. The number of amides is 1. The van der Waals surface area contributed by atoms with Crippen molar-refractivity contribution < 1.29 is 9.53 Å². The van der Waals surface area contributed by atoms with Crippen LogP contribution in [0.2, 0.25) is 5.02 Å². The van der Waals surface area contributed by atoms with Gasteiger partial charge in [-0.25, -0.2) is 4.68 Å². The van der Waals surface area contributed by atoms with E-state index < -0.39 is 0 Å². The first-order chi connectivity index (χ1) is 16.0. The van der Waals surface area contributed by atoms with Gasteiger partial charge in [0.1, 0.15) is 23.1 Å². The van der Waals surface area contributed by atoms with Gasteiger partial charge in [0.2, 0.25) is 0 Å². The summed E-state index contributed by atoms with van der Waals surface area (Å²) in [5, 5.41) is 15.0. The number of rotatable bonds is 5. The molecule has 0 spiro atoms. The van der Waals surface area contributed by atoms with Crippen molar-refractivity contribution in [1.82, 2.24) is 19.6 Å². The number of aromatic nitrogens is 2. The Balaban J connectivity index is 1.77. The van der Waals surface area contributed by atoms with Crippen molar-refractivity contribution >= 4 is 23.6 Å². The molecule has 2 aromatic carbocycles. The van der Waals surface area contributed by atoms with Gasteiger partial charge in [-0.1, -0.05) is 29.8 Å². The smallest absolute Gasteiger partial charge is 0.264 e. The Kier molecular flexibility index (Phi) is 6.78. The Morgan fingerprint density at radius 1 is 1.15 bits per heavy atom. The minimum Gasteiger partial charge on any atom is -0.495 e. The number of carbonyl (C=O) groups excluding carboxylic acids is 1. The molecule has 0 N–H and O–H groups in total. The fourth-order valence-electron chi connectivity index (χ4n) is 3.72. The van der Waals surface area contributed by atoms with Crippen LogP contribution in [0.5, 0.6) is 5.75 Å². The molecule has 1 amide bonds. The van der Waals surface area contributed by atoms with E-state index in [0.29, 0.717) is 35.1 Å². The summed E-state index contributed by atoms with van der Waals surface area (Å²) in [4.78, 5) is 16.9. The Hall–Kier alpha value is -3.60. The van der Waals surface area contributed by atoms with Crippen molar-refractivity contribution in [3.05, 3.63) is 70.9 Å². The predicted molar refractivity (Wildman–Crippen MR) is 128 cm³/mol. The number of para-hydroxylation sites is 1. The molecule has 3 aromatic rings. The van der Waals surface area contributed by atoms with Gasteiger partial charge in [-0.2, -0.15) is 10.4 Å². The molecule has 4 rings (SSSR count). The van der Waals surface area contributed by atoms with Crippen molar-refractivity contribution in [1.29, 1.82) is 5.26 Å². The molecular weight excluding hydrogens is 438 g/mol. The maximum Gasteiger partial charge on any atom is 0.264 e. The first kappa shape index (κ1) is 22.6. The maximum absolute atomic E-state index is 13.1. The molecule has 0 saturated carbocycles. The Bertz CT molecular complexity index is 1220. The van der Waals surface area contributed by atoms with Crippen LogP contribution in [0.15, 0.2) is 60.3 Å². The van der Waals surface area contributed by atoms with E-state index in [1.54, 1.807) is 34.9 Å². The highest BCUT2D eigenvalue weighted by Gasteiger charge is 2.23. The SMILES string of the molecule is COc1ccc(-c2nn(-c3ccccc3)cc2/C=C(\C#N)C(=O)N2CCN(C)CC2)cc1Cl. The summed E-state index contributed by atoms with van der Waals surface area (Å²) >= 11 is 6.36. The van der Waals surface area contributed by atoms with Crippen LogP contribution in [0.3, 0.4) is 0 Å². The van der Waals surface area contributed by atoms with Gasteiger partial charge in [-0.3, -0.25) is 4.79 Å². The lowest BCUT2D eigenvalue weighted by molar-refractivity contribution is -0.128. The number of nitrogens with zero attached hydrogens (tertiary/aromatic N) is 5. The molecule has 0 bridgehead atoms. The predicted octanol–water partition coefficient (Wildman–Crippen LogP) is 3.88. The van der Waals surface area contributed by atoms with Gasteiger partial charge in [-0.15, -0.1) is 0 Å². The lowest BCUT2D eigenvalue weighted by Crippen LogP contribution is -2.47. The van der Waals surface area contributed by atoms with Gasteiger partial charge in [0.25, 0.3) is 5.91 Å². The van der Waals surface area contributed by atoms with Crippen molar-refractivity contribution in [2.75, 3.05) is 40.3 Å². The molecule has 0 aliphatic carbocycles. The van der Waals surface area contributed by atoms with Gasteiger partial charge < -0.3 is 14.5 Å². The lowest BCUT2D eigenvalue weighted by atomic mass is 10.1. The van der Waals surface area contributed by atoms with E-state index in [9.17, 15) is 10.1 Å². The van der Waals surface area contributed by atoms with Crippen LogP contribution < -0.4 is 4.74 Å². The molecule has 0 unspecified atom stereocenters. The second kappa shape index (κ2) is 9.90. The number of hydrogen-bond donors (Lipinski definition) is 0. The van der Waals surface area contributed by atoms with Crippen LogP contribution >= 0.6 is 11.6 Å². The Morgan fingerprint density at radius 3 is 2.52 bits per heavy atom. The molecule has 0 atom stereocenters. The molecular formula is C25H24ClN5O2. The number of likely N-dealkylation sites (N-methyl/N-ethyl adjacent to an activating group) is 1. The highest BCUT2D eigenvalue weighted by Crippen LogP contribution is 2.32. The monoisotopic (exact) mass is 461 g/mol. The Labute approximate surface area is 198 Å². The summed E-state index contributed by atoms with van der Waals surface area (Å²) in [5.74, 6) is 0.291. The largest absolute Gasteiger partial charge is 0.495 e. The lowest BCUT2D eigenvalue weighted by Gasteiger charge is -2.32. The molecule has 33 heavy (non-hydrogen) atoms. The van der Waals surface area contributed by atoms with Crippen LogP contribution in [0, 0.1) is 11.3 Å². The van der Waals surface area contributed by atoms with E-state index in [-0.39, 0.29) is 11.5 Å². The zero-order chi connectivity index (χ0) is 23.4. The third-order valence-electron chi connectivity index (χ3n) is 5.63. The van der Waals surface area contributed by atoms with E-state index in [1.807, 2.05) is 49.6 Å². The first-order valence-corrected chi connectivity index (χ1v) is 11.0. The normalized spacial score (nSPS) is 14.7. The minimum atomic E-state index is -0.267. The summed E-state index contributed by atoms with van der Waals surface area (Å²) in [5.41, 5.74) is 2.96. The number of ether oxygens (including phenoxy) is 1. The van der Waals surface area contributed by atoms with E-state index >= 15 is 0 Å². The fourth-order valence-corrected chi connectivity index (χ4v) is 3.98. The quantitative estimate of drug-likeness (QED) is 0.426. The zero-order valence-corrected chi connectivity index (χ0v) is 19.3. The number of nitriles is 1. The maximum atomic E-state index is 13.1. The van der Waals surface area contributed by atoms with Crippen LogP contribution in [0.25, 0.3) is 23.0 Å². The molecule has 1 aromatic heterocycles. The van der Waals surface area contributed by atoms with Gasteiger partial charge in [0, 0.05) is 43.5 Å². The number of hydrogen-bond acceptors (Lipinski definition) is 5. The number of halogens is 1. The standard InChI is InChI=1S/C25H24ClN5O2/c1-29-10-12-30(13-11-29)25(32)19(16-27)14-20-17-31(21-6-4-3-5-7-21)28-24(20)18-8-9-23(33-2)22(26)15-18/h3-9,14-15,17H,10-13H2,1-2H3/b19-14+. The molecule has 1 fully saturated rings. The molecule has 0 radical (unpaired) electrons. The van der Waals surface area contributed by atoms with E-state index in [1.165, 1.54) is 0 Å². The molecule has 1 saturated heterocycles. The van der Waals surface area contributed by atoms with Crippen LogP contribution in [-0.2, 0) is 4.79 Å². The summed E-state index contributed by atoms with van der Waals surface area (Å²) in [7, 11) is 3.58. The first-order valence-electron chi connectivity index (χ1n) is 10.6. The topological polar surface area (TPSA) is 74.4 Å². The number of carbonyl (C=O) groups is 1. The van der Waals surface area contributed by atoms with Crippen molar-refractivity contribution in [2.24, 2.45) is 0 Å². The molecule has 7 nitrogen and oxygen atoms in total. The summed E-state index contributed by atoms with van der Waals surface area (Å²) in [6, 6.07) is 17.1. The number of benzene rings is 2. The molecule has 8 heteroatoms. The number of methoxy groups -OCH3 is 1. The second-order valence-corrected chi connectivity index (χ2v) is 8.23. The summed E-state index contributed by atoms with van der Waals surface area (Å²) in [6.45, 7) is 2.76. The van der Waals surface area contributed by atoms with E-state index in [4.69, 9.17) is 21.4 Å². The van der Waals surface area contributed by atoms with E-state index in [2.05, 4.69) is 11.0 Å². The second-order valence-electron chi connectivity index (χ2n) is 7.83. The van der Waals surface area contributed by atoms with Crippen LogP contribution in [-0.4, -0.2) is 65.8 Å². The molecule has 1 aliphatic rings. The average Bonchev–Trinajstić information content (AvgIpc) is 3.27. The van der Waals surface area contributed by atoms with Crippen LogP contribution in [0.4, 0.5) is 0 Å². The third-order valence-corrected chi connectivity index (χ3v) is 5.93. The zero-order valence-electron chi connectivity index (χ0n) is 18.5. The van der Waals surface area contributed by atoms with Crippen molar-refractivity contribution in [2.45, 2.75) is 0 Å². The summed E-state index contributed by atoms with van der Waals surface area (Å²) in [6.07, 6.45) is 3.43. The third kappa shape index (κ3) is 4.92. The van der Waals surface area contributed by atoms with Crippen LogP contribution in [0.1, 0.15) is 5.56 Å². The van der Waals surface area contributed by atoms with Crippen molar-refractivity contribution in [3.8, 4) is 28.8 Å². The fraction of sp³-hybridized carbons (Fsp3) is 0.240. The molecule has 168 valence electrons. The van der Waals surface area contributed by atoms with Gasteiger partial charge >= 0.3 is 0 Å². The average molecular weight is 462 g/mol. The Morgan fingerprint density at radius 2 is 1.88 bits per heavy atom. The minimum absolute atomic E-state index is 0.0769. The van der Waals surface area contributed by atoms with Gasteiger partial charge in [0.05, 0.1) is 17.8 Å².